The van der Waals surface area contributed by atoms with E-state index >= 15 is 0 Å². The van der Waals surface area contributed by atoms with Crippen molar-refractivity contribution in [1.29, 1.82) is 5.26 Å². The van der Waals surface area contributed by atoms with Crippen molar-refractivity contribution in [3.05, 3.63) is 22.2 Å². The number of carbonyl (C=O) groups excluding carboxylic acids is 1. The molecular weight excluding hydrogens is 340 g/mol. The molecule has 0 fully saturated rings. The number of nitrogens with zero attached hydrogens (tertiary/aromatic N) is 1. The topological polar surface area (TPSA) is 80.6 Å². The van der Waals surface area contributed by atoms with Gasteiger partial charge in [0.2, 0.25) is 0 Å². The van der Waals surface area contributed by atoms with Crippen LogP contribution in [0.5, 0.6) is 11.5 Å². The lowest BCUT2D eigenvalue weighted by atomic mass is 10.2. The quantitative estimate of drug-likeness (QED) is 0.719. The first-order valence-corrected chi connectivity index (χ1v) is 7.16. The van der Waals surface area contributed by atoms with Crippen LogP contribution in [0.3, 0.4) is 0 Å². The fourth-order valence-corrected chi connectivity index (χ4v) is 2.07. The summed E-state index contributed by atoms with van der Waals surface area (Å²) in [4.78, 5) is 11.6. The highest BCUT2D eigenvalue weighted by Crippen LogP contribution is 2.36. The Labute approximate surface area is 132 Å². The summed E-state index contributed by atoms with van der Waals surface area (Å²) >= 11 is 3.31. The van der Waals surface area contributed by atoms with Gasteiger partial charge in [-0.2, -0.15) is 5.26 Å². The molecule has 1 rings (SSSR count). The van der Waals surface area contributed by atoms with Gasteiger partial charge in [-0.15, -0.1) is 0 Å². The van der Waals surface area contributed by atoms with Crippen LogP contribution >= 0.6 is 15.9 Å². The molecular formula is C14H17BrN2O4. The van der Waals surface area contributed by atoms with Crippen molar-refractivity contribution in [1.82, 2.24) is 5.32 Å². The van der Waals surface area contributed by atoms with Gasteiger partial charge in [-0.1, -0.05) is 0 Å². The number of rotatable bonds is 8. The van der Waals surface area contributed by atoms with Gasteiger partial charge in [0, 0.05) is 19.7 Å². The summed E-state index contributed by atoms with van der Waals surface area (Å²) in [5.41, 5.74) is 0.447. The van der Waals surface area contributed by atoms with Gasteiger partial charge in [0.1, 0.15) is 0 Å². The van der Waals surface area contributed by atoms with Crippen LogP contribution < -0.4 is 14.8 Å². The van der Waals surface area contributed by atoms with Gasteiger partial charge in [-0.05, 0) is 28.9 Å². The smallest absolute Gasteiger partial charge is 0.258 e. The highest BCUT2D eigenvalue weighted by atomic mass is 79.9. The van der Waals surface area contributed by atoms with Crippen LogP contribution in [0.15, 0.2) is 16.6 Å². The Bertz CT molecular complexity index is 528. The van der Waals surface area contributed by atoms with Gasteiger partial charge in [0.05, 0.1) is 29.3 Å². The number of halogens is 1. The summed E-state index contributed by atoms with van der Waals surface area (Å²) in [6.07, 6.45) is 0. The van der Waals surface area contributed by atoms with E-state index in [1.54, 1.807) is 19.2 Å². The van der Waals surface area contributed by atoms with Gasteiger partial charge >= 0.3 is 0 Å². The number of amides is 1. The van der Waals surface area contributed by atoms with Crippen LogP contribution in [0.4, 0.5) is 0 Å². The van der Waals surface area contributed by atoms with Crippen molar-refractivity contribution in [2.45, 2.75) is 6.92 Å². The zero-order valence-corrected chi connectivity index (χ0v) is 13.5. The van der Waals surface area contributed by atoms with Crippen molar-refractivity contribution in [3.63, 3.8) is 0 Å². The Morgan fingerprint density at radius 2 is 2.19 bits per heavy atom. The first-order valence-electron chi connectivity index (χ1n) is 6.37. The van der Waals surface area contributed by atoms with Crippen molar-refractivity contribution in [2.75, 3.05) is 33.5 Å². The Balaban J connectivity index is 2.73. The first-order chi connectivity index (χ1) is 10.1. The average molecular weight is 357 g/mol. The number of nitriles is 1. The van der Waals surface area contributed by atoms with Crippen molar-refractivity contribution >= 4 is 21.8 Å². The molecule has 0 unspecified atom stereocenters. The van der Waals surface area contributed by atoms with Crippen LogP contribution in [0.1, 0.15) is 12.5 Å². The highest BCUT2D eigenvalue weighted by Gasteiger charge is 2.13. The molecule has 0 saturated carbocycles. The second-order valence-electron chi connectivity index (χ2n) is 3.96. The summed E-state index contributed by atoms with van der Waals surface area (Å²) in [6, 6.07) is 5.22. The maximum absolute atomic E-state index is 11.6. The molecule has 1 aromatic rings. The number of hydrogen-bond donors (Lipinski definition) is 1. The standard InChI is InChI=1S/C14H17BrN2O4/c1-3-20-12-7-10(8-16)6-11(15)14(12)21-9-13(18)17-4-5-19-2/h6-7H,3-5,9H2,1-2H3,(H,17,18). The molecule has 114 valence electrons. The van der Waals surface area contributed by atoms with E-state index in [2.05, 4.69) is 21.2 Å². The second-order valence-corrected chi connectivity index (χ2v) is 4.82. The molecule has 21 heavy (non-hydrogen) atoms. The van der Waals surface area contributed by atoms with E-state index in [9.17, 15) is 4.79 Å². The molecule has 1 N–H and O–H groups in total. The Morgan fingerprint density at radius 3 is 2.81 bits per heavy atom. The Hall–Kier alpha value is -1.78. The monoisotopic (exact) mass is 356 g/mol. The van der Waals surface area contributed by atoms with E-state index in [1.807, 2.05) is 13.0 Å². The van der Waals surface area contributed by atoms with Crippen LogP contribution in [-0.4, -0.2) is 39.4 Å². The summed E-state index contributed by atoms with van der Waals surface area (Å²) < 4.78 is 16.3. The maximum atomic E-state index is 11.6. The number of benzene rings is 1. The predicted octanol–water partition coefficient (Wildman–Crippen LogP) is 1.86. The minimum Gasteiger partial charge on any atom is -0.490 e. The van der Waals surface area contributed by atoms with Gasteiger partial charge < -0.3 is 19.5 Å². The molecule has 0 heterocycles. The third-order valence-corrected chi connectivity index (χ3v) is 3.00. The lowest BCUT2D eigenvalue weighted by Gasteiger charge is -2.14. The molecule has 0 aromatic heterocycles. The molecule has 7 heteroatoms. The second kappa shape index (κ2) is 9.21. The normalized spacial score (nSPS) is 9.81. The van der Waals surface area contributed by atoms with E-state index in [0.717, 1.165) is 0 Å². The van der Waals surface area contributed by atoms with Crippen molar-refractivity contribution in [2.24, 2.45) is 0 Å². The minimum absolute atomic E-state index is 0.145. The van der Waals surface area contributed by atoms with Crippen LogP contribution in [0.25, 0.3) is 0 Å². The average Bonchev–Trinajstić information content (AvgIpc) is 2.46. The van der Waals surface area contributed by atoms with Crippen molar-refractivity contribution < 1.29 is 19.0 Å². The predicted molar refractivity (Wildman–Crippen MR) is 80.4 cm³/mol. The molecule has 1 amide bonds. The van der Waals surface area contributed by atoms with E-state index in [-0.39, 0.29) is 12.5 Å². The number of hydrogen-bond acceptors (Lipinski definition) is 5. The number of carbonyl (C=O) groups is 1. The van der Waals surface area contributed by atoms with E-state index in [1.165, 1.54) is 0 Å². The Morgan fingerprint density at radius 1 is 1.43 bits per heavy atom. The number of nitrogens with one attached hydrogen (secondary N) is 1. The maximum Gasteiger partial charge on any atom is 0.258 e. The Kier molecular flexibility index (Phi) is 7.58. The molecule has 6 nitrogen and oxygen atoms in total. The van der Waals surface area contributed by atoms with E-state index in [0.29, 0.717) is 41.3 Å². The zero-order valence-electron chi connectivity index (χ0n) is 11.9. The van der Waals surface area contributed by atoms with Gasteiger partial charge in [-0.25, -0.2) is 0 Å². The highest BCUT2D eigenvalue weighted by molar-refractivity contribution is 9.10. The number of methoxy groups -OCH3 is 1. The summed E-state index contributed by atoms with van der Waals surface area (Å²) in [6.45, 7) is 2.97. The van der Waals surface area contributed by atoms with E-state index < -0.39 is 0 Å². The van der Waals surface area contributed by atoms with E-state index in [4.69, 9.17) is 19.5 Å². The molecule has 0 radical (unpaired) electrons. The van der Waals surface area contributed by atoms with Crippen LogP contribution in [0, 0.1) is 11.3 Å². The molecule has 0 spiro atoms. The fourth-order valence-electron chi connectivity index (χ4n) is 1.52. The molecule has 1 aromatic carbocycles. The third kappa shape index (κ3) is 5.61. The van der Waals surface area contributed by atoms with Crippen LogP contribution in [-0.2, 0) is 9.53 Å². The summed E-state index contributed by atoms with van der Waals surface area (Å²) in [5.74, 6) is 0.566. The molecule has 0 bridgehead atoms. The van der Waals surface area contributed by atoms with Gasteiger partial charge in [-0.3, -0.25) is 4.79 Å². The minimum atomic E-state index is -0.259. The summed E-state index contributed by atoms with van der Waals surface area (Å²) in [5, 5.41) is 11.6. The van der Waals surface area contributed by atoms with Crippen molar-refractivity contribution in [3.8, 4) is 17.6 Å². The lowest BCUT2D eigenvalue weighted by molar-refractivity contribution is -0.123. The largest absolute Gasteiger partial charge is 0.490 e. The summed E-state index contributed by atoms with van der Waals surface area (Å²) in [7, 11) is 1.56. The fraction of sp³-hybridized carbons (Fsp3) is 0.429. The molecule has 0 aliphatic rings. The van der Waals surface area contributed by atoms with Gasteiger partial charge in [0.25, 0.3) is 5.91 Å². The number of ether oxygens (including phenoxy) is 3. The molecule has 0 saturated heterocycles. The zero-order chi connectivity index (χ0) is 15.7. The third-order valence-electron chi connectivity index (χ3n) is 2.41. The molecule has 0 aliphatic carbocycles. The molecule has 0 aliphatic heterocycles. The van der Waals surface area contributed by atoms with Gasteiger partial charge in [0.15, 0.2) is 18.1 Å². The lowest BCUT2D eigenvalue weighted by Crippen LogP contribution is -2.31. The molecule has 0 atom stereocenters. The first kappa shape index (κ1) is 17.3. The van der Waals surface area contributed by atoms with Crippen LogP contribution in [0.2, 0.25) is 0 Å². The SMILES string of the molecule is CCOc1cc(C#N)cc(Br)c1OCC(=O)NCCOC.